The van der Waals surface area contributed by atoms with Crippen LogP contribution in [0.15, 0.2) is 26.0 Å². The monoisotopic (exact) mass is 319 g/mol. The van der Waals surface area contributed by atoms with Crippen LogP contribution in [0.25, 0.3) is 11.5 Å². The zero-order valence-electron chi connectivity index (χ0n) is 13.4. The number of carbonyl (C=O) groups is 1. The van der Waals surface area contributed by atoms with Gasteiger partial charge in [-0.2, -0.15) is 4.68 Å². The highest BCUT2D eigenvalue weighted by molar-refractivity contribution is 5.79. The maximum absolute atomic E-state index is 12.1. The molecule has 0 radical (unpaired) electrons. The van der Waals surface area contributed by atoms with Gasteiger partial charge in [0, 0.05) is 12.0 Å². The second-order valence-electron chi connectivity index (χ2n) is 5.99. The van der Waals surface area contributed by atoms with Crippen molar-refractivity contribution in [2.45, 2.75) is 52.1 Å². The SMILES string of the molecule is CC[C@H](Cn1nc(-c2ccoc2C)oc1=O)NC(=O)C1CCC1. The summed E-state index contributed by atoms with van der Waals surface area (Å²) in [5, 5.41) is 7.21. The molecule has 0 aromatic carbocycles. The molecular formula is C16H21N3O4. The summed E-state index contributed by atoms with van der Waals surface area (Å²) in [4.78, 5) is 24.0. The highest BCUT2D eigenvalue weighted by Gasteiger charge is 2.27. The lowest BCUT2D eigenvalue weighted by Crippen LogP contribution is -2.43. The molecule has 0 spiro atoms. The fourth-order valence-electron chi connectivity index (χ4n) is 2.61. The minimum atomic E-state index is -0.531. The van der Waals surface area contributed by atoms with E-state index in [0.717, 1.165) is 25.7 Å². The summed E-state index contributed by atoms with van der Waals surface area (Å²) in [6.07, 6.45) is 5.27. The summed E-state index contributed by atoms with van der Waals surface area (Å²) < 4.78 is 11.7. The number of amides is 1. The van der Waals surface area contributed by atoms with E-state index in [9.17, 15) is 9.59 Å². The smallest absolute Gasteiger partial charge is 0.437 e. The largest absolute Gasteiger partial charge is 0.469 e. The summed E-state index contributed by atoms with van der Waals surface area (Å²) in [7, 11) is 0. The van der Waals surface area contributed by atoms with Crippen molar-refractivity contribution in [2.24, 2.45) is 5.92 Å². The van der Waals surface area contributed by atoms with Crippen molar-refractivity contribution in [3.63, 3.8) is 0 Å². The van der Waals surface area contributed by atoms with Crippen molar-refractivity contribution >= 4 is 5.91 Å². The van der Waals surface area contributed by atoms with Crippen LogP contribution in [0.3, 0.4) is 0 Å². The average molecular weight is 319 g/mol. The normalized spacial score (nSPS) is 16.1. The molecule has 23 heavy (non-hydrogen) atoms. The molecule has 1 N–H and O–H groups in total. The van der Waals surface area contributed by atoms with E-state index in [1.54, 1.807) is 13.0 Å². The van der Waals surface area contributed by atoms with E-state index < -0.39 is 5.76 Å². The fourth-order valence-corrected chi connectivity index (χ4v) is 2.61. The lowest BCUT2D eigenvalue weighted by atomic mass is 9.84. The second kappa shape index (κ2) is 6.44. The molecule has 1 amide bonds. The van der Waals surface area contributed by atoms with Crippen molar-refractivity contribution in [1.29, 1.82) is 0 Å². The number of carbonyl (C=O) groups excluding carboxylic acids is 1. The molecular weight excluding hydrogens is 298 g/mol. The molecule has 1 atom stereocenters. The van der Waals surface area contributed by atoms with Gasteiger partial charge < -0.3 is 14.2 Å². The third-order valence-electron chi connectivity index (χ3n) is 4.40. The number of hydrogen-bond donors (Lipinski definition) is 1. The van der Waals surface area contributed by atoms with E-state index in [2.05, 4.69) is 10.4 Å². The number of hydrogen-bond acceptors (Lipinski definition) is 5. The molecule has 0 aliphatic heterocycles. The van der Waals surface area contributed by atoms with E-state index in [-0.39, 0.29) is 23.8 Å². The maximum atomic E-state index is 12.1. The van der Waals surface area contributed by atoms with Crippen molar-refractivity contribution in [2.75, 3.05) is 0 Å². The van der Waals surface area contributed by atoms with E-state index in [0.29, 0.717) is 17.9 Å². The van der Waals surface area contributed by atoms with Gasteiger partial charge in [-0.1, -0.05) is 13.3 Å². The van der Waals surface area contributed by atoms with Crippen LogP contribution in [-0.2, 0) is 11.3 Å². The highest BCUT2D eigenvalue weighted by Crippen LogP contribution is 2.26. The molecule has 1 saturated carbocycles. The Balaban J connectivity index is 1.71. The molecule has 2 heterocycles. The lowest BCUT2D eigenvalue weighted by molar-refractivity contribution is -0.128. The predicted molar refractivity (Wildman–Crippen MR) is 82.8 cm³/mol. The number of furan rings is 1. The molecule has 0 unspecified atom stereocenters. The quantitative estimate of drug-likeness (QED) is 0.880. The molecule has 0 saturated heterocycles. The van der Waals surface area contributed by atoms with Gasteiger partial charge in [-0.05, 0) is 32.3 Å². The Morgan fingerprint density at radius 1 is 1.52 bits per heavy atom. The third kappa shape index (κ3) is 3.23. The zero-order valence-corrected chi connectivity index (χ0v) is 13.4. The lowest BCUT2D eigenvalue weighted by Gasteiger charge is -2.26. The van der Waals surface area contributed by atoms with Gasteiger partial charge in [-0.3, -0.25) is 4.79 Å². The molecule has 1 fully saturated rings. The Labute approximate surface area is 133 Å². The Bertz CT molecular complexity index is 739. The molecule has 2 aromatic rings. The molecule has 1 aliphatic rings. The summed E-state index contributed by atoms with van der Waals surface area (Å²) in [5.74, 6) is 0.551. The summed E-state index contributed by atoms with van der Waals surface area (Å²) in [6.45, 7) is 4.05. The number of aromatic nitrogens is 2. The number of rotatable bonds is 6. The molecule has 7 heteroatoms. The first-order valence-corrected chi connectivity index (χ1v) is 8.01. The fraction of sp³-hybridized carbons (Fsp3) is 0.562. The Morgan fingerprint density at radius 2 is 2.30 bits per heavy atom. The van der Waals surface area contributed by atoms with Gasteiger partial charge in [0.25, 0.3) is 5.89 Å². The first kappa shape index (κ1) is 15.6. The van der Waals surface area contributed by atoms with E-state index in [1.807, 2.05) is 6.92 Å². The summed E-state index contributed by atoms with van der Waals surface area (Å²) in [6, 6.07) is 1.57. The van der Waals surface area contributed by atoms with Crippen molar-refractivity contribution in [3.8, 4) is 11.5 Å². The van der Waals surface area contributed by atoms with E-state index in [4.69, 9.17) is 8.83 Å². The van der Waals surface area contributed by atoms with Crippen LogP contribution in [0.5, 0.6) is 0 Å². The maximum Gasteiger partial charge on any atom is 0.437 e. The number of nitrogens with one attached hydrogen (secondary N) is 1. The zero-order chi connectivity index (χ0) is 16.4. The first-order chi connectivity index (χ1) is 11.1. The van der Waals surface area contributed by atoms with Gasteiger partial charge >= 0.3 is 5.76 Å². The van der Waals surface area contributed by atoms with Crippen LogP contribution in [0.1, 0.15) is 38.4 Å². The molecule has 1 aliphatic carbocycles. The second-order valence-corrected chi connectivity index (χ2v) is 5.99. The van der Waals surface area contributed by atoms with Gasteiger partial charge in [0.2, 0.25) is 5.91 Å². The predicted octanol–water partition coefficient (Wildman–Crippen LogP) is 2.10. The number of nitrogens with zero attached hydrogens (tertiary/aromatic N) is 2. The minimum absolute atomic E-state index is 0.0746. The van der Waals surface area contributed by atoms with Crippen molar-refractivity contribution < 1.29 is 13.6 Å². The van der Waals surface area contributed by atoms with Crippen LogP contribution in [0, 0.1) is 12.8 Å². The Morgan fingerprint density at radius 3 is 2.87 bits per heavy atom. The topological polar surface area (TPSA) is 90.3 Å². The molecule has 124 valence electrons. The van der Waals surface area contributed by atoms with Crippen LogP contribution < -0.4 is 11.1 Å². The highest BCUT2D eigenvalue weighted by atomic mass is 16.4. The number of aryl methyl sites for hydroxylation is 1. The first-order valence-electron chi connectivity index (χ1n) is 8.01. The van der Waals surface area contributed by atoms with Gasteiger partial charge in [0.05, 0.1) is 18.4 Å². The van der Waals surface area contributed by atoms with Crippen LogP contribution in [0.2, 0.25) is 0 Å². The third-order valence-corrected chi connectivity index (χ3v) is 4.40. The molecule has 3 rings (SSSR count). The van der Waals surface area contributed by atoms with Gasteiger partial charge in [-0.25, -0.2) is 4.79 Å². The van der Waals surface area contributed by atoms with Crippen molar-refractivity contribution in [1.82, 2.24) is 15.1 Å². The van der Waals surface area contributed by atoms with Crippen molar-refractivity contribution in [3.05, 3.63) is 28.6 Å². The van der Waals surface area contributed by atoms with Gasteiger partial charge in [0.15, 0.2) is 0 Å². The average Bonchev–Trinajstić information content (AvgIpc) is 3.02. The molecule has 2 aromatic heterocycles. The molecule has 0 bridgehead atoms. The summed E-state index contributed by atoms with van der Waals surface area (Å²) in [5.41, 5.74) is 0.660. The van der Waals surface area contributed by atoms with Gasteiger partial charge in [-0.15, -0.1) is 5.10 Å². The van der Waals surface area contributed by atoms with Crippen LogP contribution >= 0.6 is 0 Å². The Hall–Kier alpha value is -2.31. The minimum Gasteiger partial charge on any atom is -0.469 e. The van der Waals surface area contributed by atoms with Crippen LogP contribution in [0.4, 0.5) is 0 Å². The van der Waals surface area contributed by atoms with E-state index >= 15 is 0 Å². The van der Waals surface area contributed by atoms with E-state index in [1.165, 1.54) is 10.9 Å². The van der Waals surface area contributed by atoms with Crippen LogP contribution in [-0.4, -0.2) is 21.7 Å². The molecule has 7 nitrogen and oxygen atoms in total. The standard InChI is InChI=1S/C16H21N3O4/c1-3-12(17-14(20)11-5-4-6-11)9-19-16(21)23-15(18-19)13-7-8-22-10(13)2/h7-8,11-12H,3-6,9H2,1-2H3,(H,17,20)/t12-/m1/s1. The Kier molecular flexibility index (Phi) is 4.36. The summed E-state index contributed by atoms with van der Waals surface area (Å²) >= 11 is 0. The van der Waals surface area contributed by atoms with Gasteiger partial charge in [0.1, 0.15) is 5.76 Å².